The topological polar surface area (TPSA) is 83.8 Å². The third kappa shape index (κ3) is 8.53. The molecule has 0 radical (unpaired) electrons. The molecular formula is C38H44BrClN6O3. The van der Waals surface area contributed by atoms with Crippen LogP contribution in [0.5, 0.6) is 0 Å². The highest BCUT2D eigenvalue weighted by molar-refractivity contribution is 9.10. The van der Waals surface area contributed by atoms with Gasteiger partial charge in [0, 0.05) is 61.7 Å². The van der Waals surface area contributed by atoms with E-state index in [4.69, 9.17) is 21.3 Å². The highest BCUT2D eigenvalue weighted by Crippen LogP contribution is 2.39. The fourth-order valence-corrected chi connectivity index (χ4v) is 7.47. The Bertz CT molecular complexity index is 1740. The van der Waals surface area contributed by atoms with E-state index in [2.05, 4.69) is 37.9 Å². The Kier molecular flexibility index (Phi) is 10.8. The average molecular weight is 748 g/mol. The van der Waals surface area contributed by atoms with Crippen molar-refractivity contribution >= 4 is 39.5 Å². The molecule has 6 rings (SSSR count). The number of aryl methyl sites for hydroxylation is 4. The first-order valence-corrected chi connectivity index (χ1v) is 18.1. The highest BCUT2D eigenvalue weighted by atomic mass is 79.9. The van der Waals surface area contributed by atoms with Crippen LogP contribution >= 0.6 is 27.5 Å². The number of piperazine rings is 1. The molecule has 2 aliphatic rings. The number of hydrogen-bond donors (Lipinski definition) is 0. The lowest BCUT2D eigenvalue weighted by Crippen LogP contribution is -2.62. The van der Waals surface area contributed by atoms with Crippen LogP contribution < -0.4 is 0 Å². The van der Waals surface area contributed by atoms with Gasteiger partial charge in [-0.2, -0.15) is 0 Å². The molecule has 11 heteroatoms. The summed E-state index contributed by atoms with van der Waals surface area (Å²) in [5, 5.41) is 0.697. The van der Waals surface area contributed by atoms with Crippen molar-refractivity contribution in [2.75, 3.05) is 26.2 Å². The van der Waals surface area contributed by atoms with E-state index in [1.165, 1.54) is 5.56 Å². The second-order valence-corrected chi connectivity index (χ2v) is 15.4. The maximum absolute atomic E-state index is 14.9. The number of amides is 2. The number of carbonyl (C=O) groups excluding carboxylic acids is 2. The third-order valence-electron chi connectivity index (χ3n) is 9.13. The van der Waals surface area contributed by atoms with Crippen molar-refractivity contribution in [2.24, 2.45) is 7.05 Å². The molecule has 3 heterocycles. The lowest BCUT2D eigenvalue weighted by Gasteiger charge is -2.45. The summed E-state index contributed by atoms with van der Waals surface area (Å²) >= 11 is 10.1. The summed E-state index contributed by atoms with van der Waals surface area (Å²) in [6.45, 7) is 7.72. The number of nitrogens with zero attached hydrogens (tertiary/aromatic N) is 6. The predicted molar refractivity (Wildman–Crippen MR) is 194 cm³/mol. The standard InChI is InChI=1S/C38H44BrClN6O3/c1-38(2,3)49-37(48)46-18-17-44(35-32-15-14-30(40)20-27(32)12-13-28-19-29(39)21-41-34(28)35)24-33(46)36(47)45(22-26-9-6-5-7-10-26)16-8-11-31-23-43(4)25-42-31/h5-7,9-10,14-15,19-21,23,25,33,35H,8,11-13,16-18,22,24H2,1-4H3/t33-,35?/m1/s1. The van der Waals surface area contributed by atoms with Gasteiger partial charge in [-0.1, -0.05) is 48.0 Å². The number of aromatic nitrogens is 3. The molecule has 1 aliphatic carbocycles. The van der Waals surface area contributed by atoms with Gasteiger partial charge in [-0.05, 0) is 103 Å². The fraction of sp³-hybridized carbons (Fsp3) is 0.421. The number of hydrogen-bond acceptors (Lipinski definition) is 6. The van der Waals surface area contributed by atoms with Gasteiger partial charge in [-0.3, -0.25) is 19.6 Å². The van der Waals surface area contributed by atoms with Crippen LogP contribution in [0, 0.1) is 0 Å². The SMILES string of the molecule is Cn1cnc(CCCN(Cc2ccccc2)C(=O)[C@H]2CN(C3c4ccc(Cl)cc4CCc4cc(Br)cnc43)CCN2C(=O)OC(C)(C)C)c1. The normalized spacial score (nSPS) is 18.0. The van der Waals surface area contributed by atoms with Crippen molar-refractivity contribution in [1.82, 2.24) is 29.2 Å². The molecule has 2 amide bonds. The van der Waals surface area contributed by atoms with Crippen molar-refractivity contribution in [3.05, 3.63) is 116 Å². The van der Waals surface area contributed by atoms with Crippen LogP contribution in [0.15, 0.2) is 77.8 Å². The summed E-state index contributed by atoms with van der Waals surface area (Å²) in [7, 11) is 1.95. The van der Waals surface area contributed by atoms with Crippen molar-refractivity contribution in [3.8, 4) is 0 Å². The van der Waals surface area contributed by atoms with Gasteiger partial charge in [-0.25, -0.2) is 9.78 Å². The van der Waals surface area contributed by atoms with Crippen molar-refractivity contribution in [3.63, 3.8) is 0 Å². The van der Waals surface area contributed by atoms with Crippen LogP contribution in [0.3, 0.4) is 0 Å². The van der Waals surface area contributed by atoms with E-state index in [1.807, 2.05) is 92.1 Å². The molecule has 2 aromatic heterocycles. The minimum absolute atomic E-state index is 0.102. The maximum Gasteiger partial charge on any atom is 0.411 e. The Hall–Kier alpha value is -3.73. The number of fused-ring (bicyclic) bond motifs is 2. The molecule has 4 aromatic rings. The van der Waals surface area contributed by atoms with Gasteiger partial charge in [0.05, 0.1) is 23.8 Å². The first kappa shape index (κ1) is 35.1. The van der Waals surface area contributed by atoms with Gasteiger partial charge in [0.1, 0.15) is 11.6 Å². The Morgan fingerprint density at radius 2 is 1.82 bits per heavy atom. The average Bonchev–Trinajstić information content (AvgIpc) is 3.41. The number of pyridine rings is 1. The molecule has 2 aromatic carbocycles. The summed E-state index contributed by atoms with van der Waals surface area (Å²) in [4.78, 5) is 44.0. The maximum atomic E-state index is 14.9. The number of carbonyl (C=O) groups is 2. The zero-order chi connectivity index (χ0) is 34.7. The molecule has 1 unspecified atom stereocenters. The van der Waals surface area contributed by atoms with Crippen LogP contribution in [0.4, 0.5) is 4.79 Å². The molecule has 0 N–H and O–H groups in total. The minimum Gasteiger partial charge on any atom is -0.444 e. The second-order valence-electron chi connectivity index (χ2n) is 14.0. The number of imidazole rings is 1. The molecule has 1 saturated heterocycles. The van der Waals surface area contributed by atoms with Gasteiger partial charge in [0.25, 0.3) is 0 Å². The molecule has 49 heavy (non-hydrogen) atoms. The van der Waals surface area contributed by atoms with Crippen molar-refractivity contribution in [1.29, 1.82) is 0 Å². The van der Waals surface area contributed by atoms with Gasteiger partial charge in [0.2, 0.25) is 5.91 Å². The van der Waals surface area contributed by atoms with Gasteiger partial charge in [-0.15, -0.1) is 0 Å². The number of rotatable bonds is 8. The van der Waals surface area contributed by atoms with Crippen molar-refractivity contribution < 1.29 is 14.3 Å². The summed E-state index contributed by atoms with van der Waals surface area (Å²) in [5.74, 6) is -0.102. The monoisotopic (exact) mass is 746 g/mol. The van der Waals surface area contributed by atoms with E-state index in [1.54, 1.807) is 11.2 Å². The zero-order valence-corrected chi connectivity index (χ0v) is 31.0. The Morgan fingerprint density at radius 1 is 1.04 bits per heavy atom. The smallest absolute Gasteiger partial charge is 0.411 e. The largest absolute Gasteiger partial charge is 0.444 e. The Balaban J connectivity index is 1.35. The molecule has 0 bridgehead atoms. The third-order valence-corrected chi connectivity index (χ3v) is 9.80. The molecular weight excluding hydrogens is 704 g/mol. The van der Waals surface area contributed by atoms with E-state index in [-0.39, 0.29) is 11.9 Å². The molecule has 258 valence electrons. The molecule has 1 fully saturated rings. The summed E-state index contributed by atoms with van der Waals surface area (Å²) in [5.41, 5.74) is 5.74. The summed E-state index contributed by atoms with van der Waals surface area (Å²) in [6, 6.07) is 17.3. The lowest BCUT2D eigenvalue weighted by molar-refractivity contribution is -0.140. The number of halogens is 2. The first-order chi connectivity index (χ1) is 23.4. The van der Waals surface area contributed by atoms with Crippen LogP contribution in [0.2, 0.25) is 5.02 Å². The molecule has 9 nitrogen and oxygen atoms in total. The van der Waals surface area contributed by atoms with Crippen LogP contribution in [0.25, 0.3) is 0 Å². The quantitative estimate of drug-likeness (QED) is 0.193. The number of benzene rings is 2. The molecule has 1 aliphatic heterocycles. The van der Waals surface area contributed by atoms with Crippen LogP contribution in [-0.2, 0) is 42.4 Å². The van der Waals surface area contributed by atoms with Crippen LogP contribution in [-0.4, -0.2) is 79.1 Å². The fourth-order valence-electron chi connectivity index (χ4n) is 6.90. The second kappa shape index (κ2) is 15.0. The van der Waals surface area contributed by atoms with E-state index in [0.29, 0.717) is 37.7 Å². The molecule has 0 saturated carbocycles. The van der Waals surface area contributed by atoms with Gasteiger partial charge < -0.3 is 14.2 Å². The summed E-state index contributed by atoms with van der Waals surface area (Å²) < 4.78 is 8.75. The summed E-state index contributed by atoms with van der Waals surface area (Å²) in [6.07, 6.45) is 8.31. The van der Waals surface area contributed by atoms with Crippen molar-refractivity contribution in [2.45, 2.75) is 70.7 Å². The Morgan fingerprint density at radius 3 is 2.55 bits per heavy atom. The highest BCUT2D eigenvalue weighted by Gasteiger charge is 2.43. The molecule has 2 atom stereocenters. The molecule has 0 spiro atoms. The zero-order valence-electron chi connectivity index (χ0n) is 28.6. The minimum atomic E-state index is -0.764. The lowest BCUT2D eigenvalue weighted by atomic mass is 9.95. The van der Waals surface area contributed by atoms with E-state index in [9.17, 15) is 9.59 Å². The van der Waals surface area contributed by atoms with E-state index >= 15 is 0 Å². The van der Waals surface area contributed by atoms with Gasteiger partial charge in [0.15, 0.2) is 0 Å². The van der Waals surface area contributed by atoms with E-state index < -0.39 is 17.7 Å². The Labute approximate surface area is 302 Å². The first-order valence-electron chi connectivity index (χ1n) is 16.9. The van der Waals surface area contributed by atoms with E-state index in [0.717, 1.165) is 58.2 Å². The predicted octanol–water partition coefficient (Wildman–Crippen LogP) is 7.00. The van der Waals surface area contributed by atoms with Crippen LogP contribution in [0.1, 0.15) is 66.9 Å². The number of ether oxygens (including phenoxy) is 1. The van der Waals surface area contributed by atoms with Gasteiger partial charge >= 0.3 is 6.09 Å².